The first-order valence-electron chi connectivity index (χ1n) is 5.76. The van der Waals surface area contributed by atoms with E-state index in [1.165, 1.54) is 0 Å². The third-order valence-electron chi connectivity index (χ3n) is 3.04. The summed E-state index contributed by atoms with van der Waals surface area (Å²) >= 11 is 0. The molecule has 2 rings (SSSR count). The predicted octanol–water partition coefficient (Wildman–Crippen LogP) is 2.08. The summed E-state index contributed by atoms with van der Waals surface area (Å²) in [6, 6.07) is 10.9. The molecule has 0 aliphatic heterocycles. The smallest absolute Gasteiger partial charge is 0.272 e. The summed E-state index contributed by atoms with van der Waals surface area (Å²) in [5.74, 6) is -0.175. The topological polar surface area (TPSA) is 54.3 Å². The molecule has 0 bridgehead atoms. The van der Waals surface area contributed by atoms with Gasteiger partial charge in [-0.15, -0.1) is 0 Å². The second kappa shape index (κ2) is 5.06. The van der Waals surface area contributed by atoms with Crippen LogP contribution in [0.3, 0.4) is 0 Å². The van der Waals surface area contributed by atoms with Crippen molar-refractivity contribution in [2.24, 2.45) is 7.05 Å². The molecule has 0 saturated heterocycles. The average molecular weight is 244 g/mol. The molecular formula is C14H16N2O2. The van der Waals surface area contributed by atoms with E-state index >= 15 is 0 Å². The van der Waals surface area contributed by atoms with Crippen molar-refractivity contribution in [3.8, 4) is 0 Å². The lowest BCUT2D eigenvalue weighted by Crippen LogP contribution is -2.17. The molecule has 4 nitrogen and oxygen atoms in total. The van der Waals surface area contributed by atoms with Gasteiger partial charge in [-0.05, 0) is 25.1 Å². The zero-order chi connectivity index (χ0) is 13.1. The zero-order valence-electron chi connectivity index (χ0n) is 10.5. The monoisotopic (exact) mass is 244 g/mol. The summed E-state index contributed by atoms with van der Waals surface area (Å²) in [5.41, 5.74) is 2.97. The maximum atomic E-state index is 12.1. The van der Waals surface area contributed by atoms with Crippen LogP contribution in [0.1, 0.15) is 21.7 Å². The Labute approximate surface area is 106 Å². The number of nitrogens with one attached hydrogen (secondary N) is 1. The Morgan fingerprint density at radius 3 is 2.61 bits per heavy atom. The number of aryl methyl sites for hydroxylation is 1. The number of rotatable bonds is 3. The highest BCUT2D eigenvalue weighted by molar-refractivity contribution is 6.03. The Kier molecular flexibility index (Phi) is 3.48. The molecule has 0 fully saturated rings. The van der Waals surface area contributed by atoms with Gasteiger partial charge in [-0.1, -0.05) is 18.2 Å². The minimum Gasteiger partial charge on any atom is -0.392 e. The van der Waals surface area contributed by atoms with Gasteiger partial charge in [-0.2, -0.15) is 0 Å². The number of benzene rings is 1. The van der Waals surface area contributed by atoms with Crippen molar-refractivity contribution in [3.63, 3.8) is 0 Å². The van der Waals surface area contributed by atoms with Gasteiger partial charge in [0.25, 0.3) is 5.91 Å². The lowest BCUT2D eigenvalue weighted by atomic mass is 10.2. The molecule has 1 aromatic heterocycles. The number of nitrogens with zero attached hydrogens (tertiary/aromatic N) is 1. The number of hydrogen-bond acceptors (Lipinski definition) is 2. The molecule has 18 heavy (non-hydrogen) atoms. The van der Waals surface area contributed by atoms with Crippen LogP contribution in [0.4, 0.5) is 5.69 Å². The van der Waals surface area contributed by atoms with E-state index in [-0.39, 0.29) is 12.5 Å². The van der Waals surface area contributed by atoms with Gasteiger partial charge in [0.1, 0.15) is 5.69 Å². The highest BCUT2D eigenvalue weighted by Gasteiger charge is 2.12. The molecule has 94 valence electrons. The number of para-hydroxylation sites is 1. The fraction of sp³-hybridized carbons (Fsp3) is 0.214. The zero-order valence-corrected chi connectivity index (χ0v) is 10.5. The molecule has 0 unspecified atom stereocenters. The molecule has 4 heteroatoms. The average Bonchev–Trinajstić information content (AvgIpc) is 2.71. The Bertz CT molecular complexity index is 573. The van der Waals surface area contributed by atoms with Crippen molar-refractivity contribution in [3.05, 3.63) is 53.3 Å². The third-order valence-corrected chi connectivity index (χ3v) is 3.04. The van der Waals surface area contributed by atoms with Crippen LogP contribution < -0.4 is 5.32 Å². The fourth-order valence-electron chi connectivity index (χ4n) is 1.81. The standard InChI is InChI=1S/C14H16N2O2/c1-10-7-8-13(16(10)2)14(18)15-12-6-4-3-5-11(12)9-17/h3-8,17H,9H2,1-2H3,(H,15,18). The minimum absolute atomic E-state index is 0.0946. The van der Waals surface area contributed by atoms with Crippen molar-refractivity contribution in [2.75, 3.05) is 5.32 Å². The Balaban J connectivity index is 2.24. The number of aliphatic hydroxyl groups excluding tert-OH is 1. The van der Waals surface area contributed by atoms with Crippen molar-refractivity contribution in [1.82, 2.24) is 4.57 Å². The summed E-state index contributed by atoms with van der Waals surface area (Å²) in [6.07, 6.45) is 0. The van der Waals surface area contributed by atoms with Crippen LogP contribution in [0.25, 0.3) is 0 Å². The number of aliphatic hydroxyl groups is 1. The quantitative estimate of drug-likeness (QED) is 0.868. The molecule has 2 N–H and O–H groups in total. The van der Waals surface area contributed by atoms with Gasteiger partial charge >= 0.3 is 0 Å². The molecule has 1 heterocycles. The van der Waals surface area contributed by atoms with Crippen LogP contribution in [-0.4, -0.2) is 15.6 Å². The highest BCUT2D eigenvalue weighted by Crippen LogP contribution is 2.16. The molecule has 0 atom stereocenters. The molecule has 0 aliphatic rings. The molecule has 0 radical (unpaired) electrons. The van der Waals surface area contributed by atoms with Crippen LogP contribution in [0, 0.1) is 6.92 Å². The SMILES string of the molecule is Cc1ccc(C(=O)Nc2ccccc2CO)n1C. The molecular weight excluding hydrogens is 228 g/mol. The number of aromatic nitrogens is 1. The minimum atomic E-state index is -0.175. The first-order chi connectivity index (χ1) is 8.63. The Morgan fingerprint density at radius 1 is 1.28 bits per heavy atom. The maximum absolute atomic E-state index is 12.1. The van der Waals surface area contributed by atoms with E-state index < -0.39 is 0 Å². The molecule has 0 aliphatic carbocycles. The normalized spacial score (nSPS) is 10.4. The van der Waals surface area contributed by atoms with E-state index in [0.717, 1.165) is 5.69 Å². The predicted molar refractivity (Wildman–Crippen MR) is 70.5 cm³/mol. The summed E-state index contributed by atoms with van der Waals surface area (Å²) in [7, 11) is 1.85. The van der Waals surface area contributed by atoms with Crippen molar-refractivity contribution < 1.29 is 9.90 Å². The molecule has 2 aromatic rings. The van der Waals surface area contributed by atoms with E-state index in [1.807, 2.05) is 36.7 Å². The second-order valence-corrected chi connectivity index (χ2v) is 4.19. The molecule has 0 spiro atoms. The van der Waals surface area contributed by atoms with Crippen LogP contribution in [-0.2, 0) is 13.7 Å². The summed E-state index contributed by atoms with van der Waals surface area (Å²) in [6.45, 7) is 1.85. The number of amides is 1. The highest BCUT2D eigenvalue weighted by atomic mass is 16.3. The van der Waals surface area contributed by atoms with Crippen LogP contribution in [0.2, 0.25) is 0 Å². The van der Waals surface area contributed by atoms with Crippen molar-refractivity contribution in [2.45, 2.75) is 13.5 Å². The van der Waals surface area contributed by atoms with Gasteiger partial charge in [0.2, 0.25) is 0 Å². The van der Waals surface area contributed by atoms with Crippen LogP contribution in [0.5, 0.6) is 0 Å². The van der Waals surface area contributed by atoms with Gasteiger partial charge in [0.15, 0.2) is 0 Å². The molecule has 1 amide bonds. The van der Waals surface area contributed by atoms with Crippen molar-refractivity contribution >= 4 is 11.6 Å². The molecule has 0 saturated carbocycles. The lowest BCUT2D eigenvalue weighted by Gasteiger charge is -2.10. The first kappa shape index (κ1) is 12.4. The van der Waals surface area contributed by atoms with Gasteiger partial charge in [0, 0.05) is 24.0 Å². The summed E-state index contributed by atoms with van der Waals surface area (Å²) in [5, 5.41) is 12.0. The number of carbonyl (C=O) groups is 1. The Morgan fingerprint density at radius 2 is 2.00 bits per heavy atom. The van der Waals surface area contributed by atoms with E-state index in [9.17, 15) is 9.90 Å². The number of anilines is 1. The van der Waals surface area contributed by atoms with Crippen molar-refractivity contribution in [1.29, 1.82) is 0 Å². The second-order valence-electron chi connectivity index (χ2n) is 4.19. The van der Waals surface area contributed by atoms with E-state index in [2.05, 4.69) is 5.32 Å². The third kappa shape index (κ3) is 2.28. The van der Waals surface area contributed by atoms with Gasteiger partial charge < -0.3 is 15.0 Å². The maximum Gasteiger partial charge on any atom is 0.272 e. The largest absolute Gasteiger partial charge is 0.392 e. The first-order valence-corrected chi connectivity index (χ1v) is 5.76. The van der Waals surface area contributed by atoms with Crippen LogP contribution in [0.15, 0.2) is 36.4 Å². The Hall–Kier alpha value is -2.07. The van der Waals surface area contributed by atoms with E-state index in [0.29, 0.717) is 16.9 Å². The molecule has 1 aromatic carbocycles. The number of carbonyl (C=O) groups excluding carboxylic acids is 1. The number of hydrogen-bond donors (Lipinski definition) is 2. The fourth-order valence-corrected chi connectivity index (χ4v) is 1.81. The van der Waals surface area contributed by atoms with Gasteiger partial charge in [-0.3, -0.25) is 4.79 Å². The summed E-state index contributed by atoms with van der Waals surface area (Å²) in [4.78, 5) is 12.1. The van der Waals surface area contributed by atoms with Gasteiger partial charge in [0.05, 0.1) is 6.61 Å². The van der Waals surface area contributed by atoms with Gasteiger partial charge in [-0.25, -0.2) is 0 Å². The lowest BCUT2D eigenvalue weighted by molar-refractivity contribution is 0.101. The van der Waals surface area contributed by atoms with Crippen LogP contribution >= 0.6 is 0 Å². The van der Waals surface area contributed by atoms with E-state index in [1.54, 1.807) is 18.2 Å². The van der Waals surface area contributed by atoms with E-state index in [4.69, 9.17) is 0 Å². The summed E-state index contributed by atoms with van der Waals surface area (Å²) < 4.78 is 1.83.